The van der Waals surface area contributed by atoms with Crippen molar-refractivity contribution in [2.45, 2.75) is 72.5 Å². The first kappa shape index (κ1) is 24.6. The van der Waals surface area contributed by atoms with E-state index in [1.165, 1.54) is 0 Å². The fourth-order valence-electron chi connectivity index (χ4n) is 1.79. The highest BCUT2D eigenvalue weighted by atomic mass is 16.5. The highest BCUT2D eigenvalue weighted by Gasteiger charge is 2.15. The van der Waals surface area contributed by atoms with Gasteiger partial charge in [-0.25, -0.2) is 0 Å². The molecule has 1 aromatic rings. The van der Waals surface area contributed by atoms with Crippen LogP contribution in [0.4, 0.5) is 0 Å². The van der Waals surface area contributed by atoms with E-state index in [9.17, 15) is 4.79 Å². The lowest BCUT2D eigenvalue weighted by Crippen LogP contribution is -2.29. The Labute approximate surface area is 158 Å². The molecule has 0 fully saturated rings. The molecule has 0 radical (unpaired) electrons. The molecular weight excluding hydrogens is 332 g/mol. The normalized spacial score (nSPS) is 11.1. The molecule has 1 rings (SSSR count). The first-order chi connectivity index (χ1) is 12.2. The summed E-state index contributed by atoms with van der Waals surface area (Å²) < 4.78 is 10.7. The Morgan fingerprint density at radius 3 is 2.12 bits per heavy atom. The van der Waals surface area contributed by atoms with Crippen molar-refractivity contribution in [2.24, 2.45) is 5.92 Å². The summed E-state index contributed by atoms with van der Waals surface area (Å²) in [5, 5.41) is 18.0. The van der Waals surface area contributed by atoms with Crippen LogP contribution in [0.1, 0.15) is 65.9 Å². The predicted octanol–water partition coefficient (Wildman–Crippen LogP) is 4.09. The van der Waals surface area contributed by atoms with E-state index in [1.807, 2.05) is 13.8 Å². The number of carbonyl (C=O) groups is 1. The zero-order valence-corrected chi connectivity index (χ0v) is 17.0. The molecular formula is C21H36O5. The van der Waals surface area contributed by atoms with Crippen molar-refractivity contribution in [1.82, 2.24) is 0 Å². The van der Waals surface area contributed by atoms with Crippen LogP contribution in [-0.2, 0) is 16.1 Å². The quantitative estimate of drug-likeness (QED) is 0.369. The van der Waals surface area contributed by atoms with Crippen LogP contribution in [0.25, 0.3) is 0 Å². The predicted molar refractivity (Wildman–Crippen MR) is 104 cm³/mol. The second kappa shape index (κ2) is 13.7. The largest absolute Gasteiger partial charge is 0.427 e. The molecule has 0 aromatic heterocycles. The Bertz CT molecular complexity index is 477. The Kier molecular flexibility index (Phi) is 13.0. The van der Waals surface area contributed by atoms with Crippen molar-refractivity contribution in [1.29, 1.82) is 0 Å². The van der Waals surface area contributed by atoms with Gasteiger partial charge in [-0.2, -0.15) is 0 Å². The summed E-state index contributed by atoms with van der Waals surface area (Å²) >= 11 is 0. The number of aliphatic hydroxyl groups excluding tert-OH is 2. The molecule has 0 amide bonds. The van der Waals surface area contributed by atoms with Crippen LogP contribution < -0.4 is 4.74 Å². The van der Waals surface area contributed by atoms with Gasteiger partial charge in [-0.05, 0) is 50.3 Å². The van der Waals surface area contributed by atoms with Gasteiger partial charge in [-0.1, -0.05) is 39.3 Å². The van der Waals surface area contributed by atoms with Crippen molar-refractivity contribution >= 4 is 5.97 Å². The Balaban J connectivity index is 0.00000141. The highest BCUT2D eigenvalue weighted by Crippen LogP contribution is 2.14. The van der Waals surface area contributed by atoms with Crippen LogP contribution in [0, 0.1) is 5.92 Å². The number of esters is 1. The van der Waals surface area contributed by atoms with Gasteiger partial charge in [0.2, 0.25) is 0 Å². The molecule has 0 aliphatic carbocycles. The maximum atomic E-state index is 11.7. The molecule has 5 nitrogen and oxygen atoms in total. The van der Waals surface area contributed by atoms with Gasteiger partial charge in [-0.3, -0.25) is 4.79 Å². The summed E-state index contributed by atoms with van der Waals surface area (Å²) in [7, 11) is 0. The number of unbranched alkanes of at least 4 members (excludes halogenated alkanes) is 2. The Hall–Kier alpha value is -1.43. The van der Waals surface area contributed by atoms with Gasteiger partial charge in [-0.15, -0.1) is 0 Å². The van der Waals surface area contributed by atoms with Crippen molar-refractivity contribution in [3.8, 4) is 5.75 Å². The molecule has 0 saturated heterocycles. The van der Waals surface area contributed by atoms with E-state index >= 15 is 0 Å². The number of ether oxygens (including phenoxy) is 2. The molecule has 0 unspecified atom stereocenters. The number of aliphatic hydroxyl groups is 2. The second-order valence-corrected chi connectivity index (χ2v) is 7.59. The maximum Gasteiger partial charge on any atom is 0.311 e. The number of rotatable bonds is 10. The van der Waals surface area contributed by atoms with Gasteiger partial charge in [0, 0.05) is 13.0 Å². The molecule has 0 aliphatic heterocycles. The number of carbonyl (C=O) groups excluding carboxylic acids is 1. The van der Waals surface area contributed by atoms with Gasteiger partial charge >= 0.3 is 5.97 Å². The van der Waals surface area contributed by atoms with Crippen LogP contribution in [-0.4, -0.2) is 35.0 Å². The topological polar surface area (TPSA) is 76.0 Å². The van der Waals surface area contributed by atoms with Gasteiger partial charge in [0.1, 0.15) is 5.75 Å². The van der Waals surface area contributed by atoms with Gasteiger partial charge in [0.15, 0.2) is 0 Å². The molecule has 0 aliphatic rings. The van der Waals surface area contributed by atoms with E-state index in [2.05, 4.69) is 20.8 Å². The minimum atomic E-state index is -0.500. The van der Waals surface area contributed by atoms with Crippen LogP contribution in [0.5, 0.6) is 5.75 Å². The summed E-state index contributed by atoms with van der Waals surface area (Å²) in [5.41, 5.74) is 0.283. The van der Waals surface area contributed by atoms with E-state index < -0.39 is 5.60 Å². The van der Waals surface area contributed by atoms with Gasteiger partial charge in [0.25, 0.3) is 0 Å². The monoisotopic (exact) mass is 368 g/mol. The van der Waals surface area contributed by atoms with Crippen molar-refractivity contribution in [2.75, 3.05) is 13.2 Å². The number of hydrogen-bond acceptors (Lipinski definition) is 5. The summed E-state index contributed by atoms with van der Waals surface area (Å²) in [4.78, 5) is 11.7. The second-order valence-electron chi connectivity index (χ2n) is 7.59. The zero-order chi connectivity index (χ0) is 20.0. The average Bonchev–Trinajstić information content (AvgIpc) is 2.58. The van der Waals surface area contributed by atoms with E-state index in [4.69, 9.17) is 19.7 Å². The van der Waals surface area contributed by atoms with E-state index in [0.29, 0.717) is 18.8 Å². The third kappa shape index (κ3) is 13.8. The summed E-state index contributed by atoms with van der Waals surface area (Å²) in [6, 6.07) is 6.80. The minimum absolute atomic E-state index is 0.00556. The fourth-order valence-corrected chi connectivity index (χ4v) is 1.79. The van der Waals surface area contributed by atoms with E-state index in [1.54, 1.807) is 24.3 Å². The minimum Gasteiger partial charge on any atom is -0.427 e. The molecule has 150 valence electrons. The van der Waals surface area contributed by atoms with Crippen LogP contribution in [0.15, 0.2) is 24.3 Å². The molecule has 0 saturated carbocycles. The molecule has 1 aromatic carbocycles. The molecule has 2 N–H and O–H groups in total. The lowest BCUT2D eigenvalue weighted by molar-refractivity contribution is -0.134. The van der Waals surface area contributed by atoms with Crippen molar-refractivity contribution in [3.63, 3.8) is 0 Å². The third-order valence-electron chi connectivity index (χ3n) is 3.24. The van der Waals surface area contributed by atoms with Crippen LogP contribution in [0.3, 0.4) is 0 Å². The summed E-state index contributed by atoms with van der Waals surface area (Å²) in [6.45, 7) is 10.7. The van der Waals surface area contributed by atoms with E-state index in [-0.39, 0.29) is 19.2 Å². The van der Waals surface area contributed by atoms with Crippen LogP contribution in [0.2, 0.25) is 0 Å². The smallest absolute Gasteiger partial charge is 0.311 e. The molecule has 26 heavy (non-hydrogen) atoms. The highest BCUT2D eigenvalue weighted by molar-refractivity contribution is 5.72. The molecule has 0 heterocycles. The Morgan fingerprint density at radius 2 is 1.62 bits per heavy atom. The summed E-state index contributed by atoms with van der Waals surface area (Å²) in [5.74, 6) is 1.07. The SMILES string of the molecule is CC(C)(CO)OCCCCCC(=O)Oc1ccc(CO)cc1.CC(C)C. The Morgan fingerprint density at radius 1 is 1.04 bits per heavy atom. The average molecular weight is 369 g/mol. The van der Waals surface area contributed by atoms with Gasteiger partial charge in [0.05, 0.1) is 18.8 Å². The molecule has 0 atom stereocenters. The molecule has 0 spiro atoms. The first-order valence-electron chi connectivity index (χ1n) is 9.35. The van der Waals surface area contributed by atoms with Gasteiger partial charge < -0.3 is 19.7 Å². The number of hydrogen-bond donors (Lipinski definition) is 2. The zero-order valence-electron chi connectivity index (χ0n) is 17.0. The van der Waals surface area contributed by atoms with Crippen LogP contribution >= 0.6 is 0 Å². The lowest BCUT2D eigenvalue weighted by Gasteiger charge is -2.22. The van der Waals surface area contributed by atoms with Crippen molar-refractivity contribution in [3.05, 3.63) is 29.8 Å². The fraction of sp³-hybridized carbons (Fsp3) is 0.667. The molecule has 0 bridgehead atoms. The lowest BCUT2D eigenvalue weighted by atomic mass is 10.1. The molecule has 5 heteroatoms. The number of benzene rings is 1. The van der Waals surface area contributed by atoms with E-state index in [0.717, 1.165) is 30.7 Å². The standard InChI is InChI=1S/C17H26O5.C4H10/c1-17(2,13-19)21-11-5-3-4-6-16(20)22-15-9-7-14(12-18)8-10-15;1-4(2)3/h7-10,18-19H,3-6,11-13H2,1-2H3;4H,1-3H3. The maximum absolute atomic E-state index is 11.7. The first-order valence-corrected chi connectivity index (χ1v) is 9.35. The summed E-state index contributed by atoms with van der Waals surface area (Å²) in [6.07, 6.45) is 2.84. The van der Waals surface area contributed by atoms with Crippen molar-refractivity contribution < 1.29 is 24.5 Å². The third-order valence-corrected chi connectivity index (χ3v) is 3.24.